The van der Waals surface area contributed by atoms with Crippen molar-refractivity contribution in [3.63, 3.8) is 0 Å². The van der Waals surface area contributed by atoms with Crippen LogP contribution in [0.2, 0.25) is 0 Å². The first kappa shape index (κ1) is 13.5. The monoisotopic (exact) mass is 263 g/mol. The molecule has 0 aromatic heterocycles. The van der Waals surface area contributed by atoms with Crippen LogP contribution in [0.25, 0.3) is 0 Å². The molecule has 1 aliphatic rings. The van der Waals surface area contributed by atoms with Crippen molar-refractivity contribution in [2.45, 2.75) is 6.92 Å². The fourth-order valence-electron chi connectivity index (χ4n) is 2.05. The van der Waals surface area contributed by atoms with Crippen LogP contribution < -0.4 is 4.90 Å². The van der Waals surface area contributed by atoms with Crippen molar-refractivity contribution >= 4 is 17.4 Å². The summed E-state index contributed by atoms with van der Waals surface area (Å²) in [5.74, 6) is -1.40. The van der Waals surface area contributed by atoms with Crippen molar-refractivity contribution in [3.8, 4) is 0 Å². The molecular formula is C14H17NO4. The molecule has 1 aliphatic heterocycles. The predicted molar refractivity (Wildman–Crippen MR) is 70.4 cm³/mol. The fourth-order valence-corrected chi connectivity index (χ4v) is 2.05. The molecule has 0 unspecified atom stereocenters. The maximum Gasteiger partial charge on any atom is 0.379 e. The summed E-state index contributed by atoms with van der Waals surface area (Å²) >= 11 is 0. The van der Waals surface area contributed by atoms with Gasteiger partial charge < -0.3 is 14.4 Å². The molecule has 0 radical (unpaired) electrons. The zero-order valence-corrected chi connectivity index (χ0v) is 10.9. The second-order valence-corrected chi connectivity index (χ2v) is 4.17. The Morgan fingerprint density at radius 2 is 1.95 bits per heavy atom. The van der Waals surface area contributed by atoms with Crippen LogP contribution in [0.5, 0.6) is 0 Å². The Labute approximate surface area is 112 Å². The molecule has 0 saturated carbocycles. The number of anilines is 1. The third-order valence-electron chi connectivity index (χ3n) is 2.96. The zero-order chi connectivity index (χ0) is 13.7. The van der Waals surface area contributed by atoms with Gasteiger partial charge in [-0.25, -0.2) is 4.79 Å². The number of para-hydroxylation sites is 1. The molecule has 19 heavy (non-hydrogen) atoms. The van der Waals surface area contributed by atoms with E-state index in [1.807, 2.05) is 12.1 Å². The van der Waals surface area contributed by atoms with E-state index in [4.69, 9.17) is 9.47 Å². The number of ether oxygens (including phenoxy) is 2. The molecular weight excluding hydrogens is 246 g/mol. The van der Waals surface area contributed by atoms with Crippen LogP contribution in [0.1, 0.15) is 17.3 Å². The molecule has 0 N–H and O–H groups in total. The van der Waals surface area contributed by atoms with Gasteiger partial charge in [-0.3, -0.25) is 4.79 Å². The Hall–Kier alpha value is -1.88. The second kappa shape index (κ2) is 6.33. The van der Waals surface area contributed by atoms with Gasteiger partial charge in [0, 0.05) is 18.8 Å². The number of hydrogen-bond acceptors (Lipinski definition) is 5. The summed E-state index contributed by atoms with van der Waals surface area (Å²) in [6.45, 7) is 4.56. The van der Waals surface area contributed by atoms with Gasteiger partial charge in [-0.05, 0) is 19.1 Å². The van der Waals surface area contributed by atoms with E-state index < -0.39 is 11.8 Å². The van der Waals surface area contributed by atoms with E-state index in [-0.39, 0.29) is 6.61 Å². The largest absolute Gasteiger partial charge is 0.460 e. The number of hydrogen-bond donors (Lipinski definition) is 0. The van der Waals surface area contributed by atoms with Crippen LogP contribution in [0.15, 0.2) is 24.3 Å². The van der Waals surface area contributed by atoms with Crippen molar-refractivity contribution in [2.75, 3.05) is 37.8 Å². The Morgan fingerprint density at radius 1 is 1.26 bits per heavy atom. The van der Waals surface area contributed by atoms with Crippen LogP contribution in [0.4, 0.5) is 5.69 Å². The van der Waals surface area contributed by atoms with Crippen LogP contribution in [-0.2, 0) is 14.3 Å². The third kappa shape index (κ3) is 3.12. The minimum absolute atomic E-state index is 0.199. The van der Waals surface area contributed by atoms with Gasteiger partial charge in [0.15, 0.2) is 0 Å². The molecule has 0 spiro atoms. The van der Waals surface area contributed by atoms with Gasteiger partial charge in [-0.1, -0.05) is 12.1 Å². The van der Waals surface area contributed by atoms with Gasteiger partial charge in [0.2, 0.25) is 0 Å². The molecule has 2 rings (SSSR count). The number of benzene rings is 1. The zero-order valence-electron chi connectivity index (χ0n) is 10.9. The summed E-state index contributed by atoms with van der Waals surface area (Å²) in [5.41, 5.74) is 1.16. The highest BCUT2D eigenvalue weighted by atomic mass is 16.5. The lowest BCUT2D eigenvalue weighted by atomic mass is 10.1. The van der Waals surface area contributed by atoms with Gasteiger partial charge in [-0.2, -0.15) is 0 Å². The molecule has 0 bridgehead atoms. The van der Waals surface area contributed by atoms with Gasteiger partial charge in [0.1, 0.15) is 0 Å². The van der Waals surface area contributed by atoms with Crippen LogP contribution in [-0.4, -0.2) is 44.7 Å². The Kier molecular flexibility index (Phi) is 4.52. The maximum atomic E-state index is 12.1. The lowest BCUT2D eigenvalue weighted by Gasteiger charge is -2.30. The molecule has 0 aliphatic carbocycles. The molecule has 5 nitrogen and oxygen atoms in total. The quantitative estimate of drug-likeness (QED) is 0.465. The first-order valence-electron chi connectivity index (χ1n) is 6.37. The molecule has 1 saturated heterocycles. The van der Waals surface area contributed by atoms with Crippen molar-refractivity contribution < 1.29 is 19.1 Å². The SMILES string of the molecule is CCOC(=O)C(=O)c1ccccc1N1CCOCC1. The number of Topliss-reactive ketones (excluding diaryl/α,β-unsaturated/α-hetero) is 1. The van der Waals surface area contributed by atoms with E-state index in [1.54, 1.807) is 19.1 Å². The Balaban J connectivity index is 2.24. The van der Waals surface area contributed by atoms with Crippen molar-refractivity contribution in [1.29, 1.82) is 0 Å². The Bertz CT molecular complexity index is 466. The number of carbonyl (C=O) groups excluding carboxylic acids is 2. The minimum atomic E-state index is -0.803. The summed E-state index contributed by atoms with van der Waals surface area (Å²) in [5, 5.41) is 0. The van der Waals surface area contributed by atoms with Crippen molar-refractivity contribution in [1.82, 2.24) is 0 Å². The average molecular weight is 263 g/mol. The van der Waals surface area contributed by atoms with Gasteiger partial charge in [0.25, 0.3) is 5.78 Å². The van der Waals surface area contributed by atoms with Crippen LogP contribution >= 0.6 is 0 Å². The number of esters is 1. The van der Waals surface area contributed by atoms with E-state index >= 15 is 0 Å². The third-order valence-corrected chi connectivity index (χ3v) is 2.96. The van der Waals surface area contributed by atoms with Gasteiger partial charge in [-0.15, -0.1) is 0 Å². The highest BCUT2D eigenvalue weighted by Crippen LogP contribution is 2.22. The highest BCUT2D eigenvalue weighted by Gasteiger charge is 2.23. The molecule has 0 amide bonds. The average Bonchev–Trinajstić information content (AvgIpc) is 2.47. The summed E-state index contributed by atoms with van der Waals surface area (Å²) < 4.78 is 10.1. The lowest BCUT2D eigenvalue weighted by Crippen LogP contribution is -2.37. The summed E-state index contributed by atoms with van der Waals surface area (Å²) in [4.78, 5) is 25.7. The van der Waals surface area contributed by atoms with Crippen molar-refractivity contribution in [2.24, 2.45) is 0 Å². The fraction of sp³-hybridized carbons (Fsp3) is 0.429. The van der Waals surface area contributed by atoms with Crippen LogP contribution in [0, 0.1) is 0 Å². The first-order valence-corrected chi connectivity index (χ1v) is 6.37. The number of carbonyl (C=O) groups is 2. The first-order chi connectivity index (χ1) is 9.24. The molecule has 1 aromatic carbocycles. The van der Waals surface area contributed by atoms with E-state index in [0.717, 1.165) is 5.69 Å². The molecule has 0 atom stereocenters. The summed E-state index contributed by atoms with van der Waals surface area (Å²) in [6.07, 6.45) is 0. The minimum Gasteiger partial charge on any atom is -0.460 e. The number of ketones is 1. The maximum absolute atomic E-state index is 12.1. The normalized spacial score (nSPS) is 15.1. The molecule has 1 heterocycles. The van der Waals surface area contributed by atoms with Crippen LogP contribution in [0.3, 0.4) is 0 Å². The van der Waals surface area contributed by atoms with Gasteiger partial charge >= 0.3 is 5.97 Å². The predicted octanol–water partition coefficient (Wildman–Crippen LogP) is 1.27. The lowest BCUT2D eigenvalue weighted by molar-refractivity contribution is -0.137. The van der Waals surface area contributed by atoms with E-state index in [9.17, 15) is 9.59 Å². The van der Waals surface area contributed by atoms with E-state index in [0.29, 0.717) is 31.9 Å². The number of nitrogens with zero attached hydrogens (tertiary/aromatic N) is 1. The second-order valence-electron chi connectivity index (χ2n) is 4.17. The topological polar surface area (TPSA) is 55.8 Å². The standard InChI is InChI=1S/C14H17NO4/c1-2-19-14(17)13(16)11-5-3-4-6-12(11)15-7-9-18-10-8-15/h3-6H,2,7-10H2,1H3. The van der Waals surface area contributed by atoms with E-state index in [2.05, 4.69) is 4.90 Å². The summed E-state index contributed by atoms with van der Waals surface area (Å²) in [6, 6.07) is 7.10. The highest BCUT2D eigenvalue weighted by molar-refractivity contribution is 6.41. The Morgan fingerprint density at radius 3 is 2.63 bits per heavy atom. The molecule has 5 heteroatoms. The smallest absolute Gasteiger partial charge is 0.379 e. The molecule has 1 aromatic rings. The van der Waals surface area contributed by atoms with Crippen molar-refractivity contribution in [3.05, 3.63) is 29.8 Å². The van der Waals surface area contributed by atoms with Gasteiger partial charge in [0.05, 0.1) is 25.4 Å². The van der Waals surface area contributed by atoms with E-state index in [1.165, 1.54) is 0 Å². The molecule has 102 valence electrons. The number of morpholine rings is 1. The summed E-state index contributed by atoms with van der Waals surface area (Å²) in [7, 11) is 0. The number of rotatable bonds is 4. The molecule has 1 fully saturated rings.